The van der Waals surface area contributed by atoms with Gasteiger partial charge in [0.05, 0.1) is 16.6 Å². The maximum absolute atomic E-state index is 2.55. The van der Waals surface area contributed by atoms with E-state index in [4.69, 9.17) is 0 Å². The zero-order valence-electron chi connectivity index (χ0n) is 30.6. The average molecular weight is 708 g/mol. The molecule has 0 bridgehead atoms. The van der Waals surface area contributed by atoms with E-state index in [9.17, 15) is 0 Å². The minimum atomic E-state index is 0.970. The summed E-state index contributed by atoms with van der Waals surface area (Å²) in [6.07, 6.45) is 0.970. The molecule has 0 aliphatic heterocycles. The lowest BCUT2D eigenvalue weighted by molar-refractivity contribution is 1.27. The largest absolute Gasteiger partial charge is 0.308 e. The molecule has 10 aromatic carbocycles. The first-order valence-electron chi connectivity index (χ1n) is 19.7. The molecule has 0 spiro atoms. The summed E-state index contributed by atoms with van der Waals surface area (Å²) in [5, 5.41) is 18.1. The first kappa shape index (κ1) is 30.1. The van der Waals surface area contributed by atoms with E-state index in [0.29, 0.717) is 0 Å². The molecule has 1 aliphatic rings. The molecule has 13 rings (SSSR count). The van der Waals surface area contributed by atoms with Gasteiger partial charge in [-0.15, -0.1) is 0 Å². The van der Waals surface area contributed by atoms with Gasteiger partial charge in [0.15, 0.2) is 0 Å². The van der Waals surface area contributed by atoms with Crippen molar-refractivity contribution in [1.29, 1.82) is 0 Å². The molecule has 2 aromatic heterocycles. The van der Waals surface area contributed by atoms with Gasteiger partial charge in [0.2, 0.25) is 0 Å². The van der Waals surface area contributed by atoms with Gasteiger partial charge in [0, 0.05) is 21.5 Å². The quantitative estimate of drug-likeness (QED) is 0.158. The summed E-state index contributed by atoms with van der Waals surface area (Å²) >= 11 is 0. The summed E-state index contributed by atoms with van der Waals surface area (Å²) in [4.78, 5) is 0. The first-order valence-corrected chi connectivity index (χ1v) is 19.7. The third-order valence-electron chi connectivity index (χ3n) is 12.7. The number of aromatic nitrogens is 1. The van der Waals surface area contributed by atoms with Crippen molar-refractivity contribution >= 4 is 92.0 Å². The molecule has 0 amide bonds. The number of hydrogen-bond donors (Lipinski definition) is 0. The van der Waals surface area contributed by atoms with Gasteiger partial charge in [-0.1, -0.05) is 170 Å². The van der Waals surface area contributed by atoms with Gasteiger partial charge in [-0.25, -0.2) is 0 Å². The van der Waals surface area contributed by atoms with E-state index in [2.05, 4.69) is 192 Å². The average Bonchev–Trinajstić information content (AvgIpc) is 3.82. The Morgan fingerprint density at radius 1 is 0.321 bits per heavy atom. The molecule has 0 fully saturated rings. The molecule has 56 heavy (non-hydrogen) atoms. The number of rotatable bonds is 2. The van der Waals surface area contributed by atoms with Crippen molar-refractivity contribution in [2.75, 3.05) is 0 Å². The highest BCUT2D eigenvalue weighted by Gasteiger charge is 2.22. The normalized spacial score (nSPS) is 12.6. The molecule has 0 saturated carbocycles. The number of para-hydroxylation sites is 2. The minimum absolute atomic E-state index is 0.970. The number of benzene rings is 10. The standard InChI is InChI=1S/C55H33N/c1-2-17-37-33(13-1)14-9-23-39(37)54-43-21-5-3-19-41(43)51(42-20-4-6-22-44(42)54)36-29-30-50-48(32-36)47-27-12-26-46-45-25-11-16-35-31-34-15-10-24-40(52(34)53(35)45)38-18-7-8-28-49(38)56(50)55(46)47/h1-30,32H,31H2. The van der Waals surface area contributed by atoms with Crippen LogP contribution in [0.4, 0.5) is 0 Å². The Kier molecular flexibility index (Phi) is 6.01. The lowest BCUT2D eigenvalue weighted by Gasteiger charge is -2.19. The Morgan fingerprint density at radius 3 is 1.52 bits per heavy atom. The van der Waals surface area contributed by atoms with E-state index < -0.39 is 0 Å². The fourth-order valence-electron chi connectivity index (χ4n) is 10.5. The molecule has 0 atom stereocenters. The van der Waals surface area contributed by atoms with Gasteiger partial charge < -0.3 is 4.40 Å². The van der Waals surface area contributed by atoms with Gasteiger partial charge >= 0.3 is 0 Å². The van der Waals surface area contributed by atoms with E-state index in [0.717, 1.165) is 6.42 Å². The van der Waals surface area contributed by atoms with Crippen LogP contribution >= 0.6 is 0 Å². The smallest absolute Gasteiger partial charge is 0.0619 e. The highest BCUT2D eigenvalue weighted by Crippen LogP contribution is 2.47. The van der Waals surface area contributed by atoms with E-state index in [-0.39, 0.29) is 0 Å². The van der Waals surface area contributed by atoms with Crippen molar-refractivity contribution in [2.24, 2.45) is 0 Å². The summed E-state index contributed by atoms with van der Waals surface area (Å²) in [6, 6.07) is 70.6. The first-order chi connectivity index (χ1) is 27.8. The van der Waals surface area contributed by atoms with E-state index in [1.54, 1.807) is 0 Å². The molecule has 12 aromatic rings. The molecular weight excluding hydrogens is 675 g/mol. The lowest BCUT2D eigenvalue weighted by Crippen LogP contribution is -1.92. The van der Waals surface area contributed by atoms with E-state index >= 15 is 0 Å². The van der Waals surface area contributed by atoms with Crippen LogP contribution in [-0.2, 0) is 6.42 Å². The summed E-state index contributed by atoms with van der Waals surface area (Å²) in [5.41, 5.74) is 11.6. The molecular formula is C55H33N. The minimum Gasteiger partial charge on any atom is -0.308 e. The van der Waals surface area contributed by atoms with Gasteiger partial charge in [-0.05, 0) is 112 Å². The van der Waals surface area contributed by atoms with Crippen molar-refractivity contribution in [3.8, 4) is 22.3 Å². The van der Waals surface area contributed by atoms with Gasteiger partial charge in [-0.3, -0.25) is 0 Å². The summed E-state index contributed by atoms with van der Waals surface area (Å²) in [5.74, 6) is 0. The predicted molar refractivity (Wildman–Crippen MR) is 240 cm³/mol. The van der Waals surface area contributed by atoms with Crippen LogP contribution in [0.5, 0.6) is 0 Å². The Morgan fingerprint density at radius 2 is 0.804 bits per heavy atom. The van der Waals surface area contributed by atoms with Crippen LogP contribution in [0.25, 0.3) is 114 Å². The second-order valence-electron chi connectivity index (χ2n) is 15.5. The SMILES string of the molecule is c1ccc2c(-c3c4ccccc4c(-c4ccc5c(c4)c4cccc6c7cccc8c7c7c(cccc7c7ccccc7n5c64)C8)c4ccccc34)cccc2c1. The van der Waals surface area contributed by atoms with Gasteiger partial charge in [-0.2, -0.15) is 0 Å². The Bertz CT molecular complexity index is 3670. The van der Waals surface area contributed by atoms with Crippen molar-refractivity contribution < 1.29 is 0 Å². The zero-order chi connectivity index (χ0) is 36.5. The molecule has 0 N–H and O–H groups in total. The number of fused-ring (bicyclic) bond motifs is 10. The van der Waals surface area contributed by atoms with Crippen LogP contribution < -0.4 is 0 Å². The molecule has 1 heteroatoms. The predicted octanol–water partition coefficient (Wildman–Crippen LogP) is 15.0. The van der Waals surface area contributed by atoms with Crippen molar-refractivity contribution in [3.05, 3.63) is 199 Å². The third kappa shape index (κ3) is 3.94. The summed E-state index contributed by atoms with van der Waals surface area (Å²) in [6.45, 7) is 0. The van der Waals surface area contributed by atoms with Crippen LogP contribution in [0.15, 0.2) is 188 Å². The van der Waals surface area contributed by atoms with E-state index in [1.165, 1.54) is 125 Å². The molecule has 1 aliphatic carbocycles. The summed E-state index contributed by atoms with van der Waals surface area (Å²) < 4.78 is 2.55. The summed E-state index contributed by atoms with van der Waals surface area (Å²) in [7, 11) is 0. The van der Waals surface area contributed by atoms with Crippen LogP contribution in [0.2, 0.25) is 0 Å². The Hall–Kier alpha value is -7.22. The van der Waals surface area contributed by atoms with Crippen LogP contribution in [0.1, 0.15) is 11.1 Å². The second-order valence-corrected chi connectivity index (χ2v) is 15.5. The fraction of sp³-hybridized carbons (Fsp3) is 0.0182. The number of nitrogens with zero attached hydrogens (tertiary/aromatic N) is 1. The zero-order valence-corrected chi connectivity index (χ0v) is 30.6. The van der Waals surface area contributed by atoms with Crippen LogP contribution in [0.3, 0.4) is 0 Å². The van der Waals surface area contributed by atoms with Crippen molar-refractivity contribution in [3.63, 3.8) is 0 Å². The molecule has 258 valence electrons. The van der Waals surface area contributed by atoms with Crippen LogP contribution in [-0.4, -0.2) is 4.40 Å². The van der Waals surface area contributed by atoms with Crippen LogP contribution in [0, 0.1) is 0 Å². The maximum atomic E-state index is 2.55. The highest BCUT2D eigenvalue weighted by molar-refractivity contribution is 6.28. The molecule has 0 unspecified atom stereocenters. The van der Waals surface area contributed by atoms with E-state index in [1.807, 2.05) is 0 Å². The lowest BCUT2D eigenvalue weighted by atomic mass is 9.84. The second kappa shape index (κ2) is 11.2. The molecule has 0 saturated heterocycles. The monoisotopic (exact) mass is 707 g/mol. The Labute approximate surface area is 322 Å². The van der Waals surface area contributed by atoms with Gasteiger partial charge in [0.1, 0.15) is 0 Å². The molecule has 2 heterocycles. The Balaban J connectivity index is 1.20. The third-order valence-corrected chi connectivity index (χ3v) is 12.7. The molecule has 1 nitrogen and oxygen atoms in total. The van der Waals surface area contributed by atoms with Crippen molar-refractivity contribution in [1.82, 2.24) is 4.40 Å². The highest BCUT2D eigenvalue weighted by atomic mass is 14.9. The number of hydrogen-bond acceptors (Lipinski definition) is 0. The fourth-order valence-corrected chi connectivity index (χ4v) is 10.5. The van der Waals surface area contributed by atoms with Gasteiger partial charge in [0.25, 0.3) is 0 Å². The maximum Gasteiger partial charge on any atom is 0.0619 e. The van der Waals surface area contributed by atoms with Crippen molar-refractivity contribution in [2.45, 2.75) is 6.42 Å². The topological polar surface area (TPSA) is 4.41 Å². The molecule has 0 radical (unpaired) electrons.